The zero-order valence-electron chi connectivity index (χ0n) is 13.1. The molecule has 2 nitrogen and oxygen atoms in total. The minimum absolute atomic E-state index is 0.0716. The van der Waals surface area contributed by atoms with Gasteiger partial charge < -0.3 is 10.6 Å². The number of halogens is 3. The summed E-state index contributed by atoms with van der Waals surface area (Å²) in [7, 11) is 0. The Hall–Kier alpha value is -0.290. The van der Waals surface area contributed by atoms with Gasteiger partial charge in [0.25, 0.3) is 0 Å². The van der Waals surface area contributed by atoms with E-state index in [-0.39, 0.29) is 23.9 Å². The van der Waals surface area contributed by atoms with Gasteiger partial charge in [0.2, 0.25) is 0 Å². The first kappa shape index (κ1) is 17.8. The molecule has 0 spiro atoms. The van der Waals surface area contributed by atoms with Gasteiger partial charge in [-0.3, -0.25) is 0 Å². The van der Waals surface area contributed by atoms with Gasteiger partial charge in [0, 0.05) is 18.1 Å². The Labute approximate surface area is 120 Å². The van der Waals surface area contributed by atoms with Crippen molar-refractivity contribution in [1.29, 1.82) is 0 Å². The van der Waals surface area contributed by atoms with Gasteiger partial charge in [0.15, 0.2) is 0 Å². The second-order valence-corrected chi connectivity index (χ2v) is 7.21. The van der Waals surface area contributed by atoms with Gasteiger partial charge in [-0.25, -0.2) is 0 Å². The van der Waals surface area contributed by atoms with E-state index in [4.69, 9.17) is 0 Å². The summed E-state index contributed by atoms with van der Waals surface area (Å²) in [6.07, 6.45) is -1.81. The normalized spacial score (nSPS) is 26.6. The molecular formula is C15H29F3N2. The molecule has 20 heavy (non-hydrogen) atoms. The first-order valence-electron chi connectivity index (χ1n) is 7.63. The third kappa shape index (κ3) is 6.93. The molecule has 2 N–H and O–H groups in total. The molecule has 0 aromatic rings. The molecule has 0 aromatic heterocycles. The number of alkyl halides is 3. The average Bonchev–Trinajstić information content (AvgIpc) is 2.32. The molecule has 3 atom stereocenters. The molecule has 0 amide bonds. The topological polar surface area (TPSA) is 24.1 Å². The summed E-state index contributed by atoms with van der Waals surface area (Å²) < 4.78 is 38.2. The van der Waals surface area contributed by atoms with Gasteiger partial charge in [0.1, 0.15) is 0 Å². The Bertz CT molecular complexity index is 284. The van der Waals surface area contributed by atoms with Crippen molar-refractivity contribution in [1.82, 2.24) is 10.6 Å². The summed E-state index contributed by atoms with van der Waals surface area (Å²) in [5.41, 5.74) is 0.0716. The third-order valence-corrected chi connectivity index (χ3v) is 3.94. The monoisotopic (exact) mass is 294 g/mol. The van der Waals surface area contributed by atoms with Crippen LogP contribution in [0.1, 0.15) is 53.4 Å². The number of hydrogen-bond acceptors (Lipinski definition) is 2. The van der Waals surface area contributed by atoms with Gasteiger partial charge in [-0.1, -0.05) is 6.42 Å². The summed E-state index contributed by atoms with van der Waals surface area (Å²) >= 11 is 0. The molecule has 1 saturated carbocycles. The molecule has 0 saturated heterocycles. The largest absolute Gasteiger partial charge is 0.391 e. The third-order valence-electron chi connectivity index (χ3n) is 3.94. The lowest BCUT2D eigenvalue weighted by molar-refractivity contribution is -0.185. The summed E-state index contributed by atoms with van der Waals surface area (Å²) in [4.78, 5) is 0. The highest BCUT2D eigenvalue weighted by atomic mass is 19.4. The maximum Gasteiger partial charge on any atom is 0.391 e. The van der Waals surface area contributed by atoms with Gasteiger partial charge >= 0.3 is 6.18 Å². The molecule has 0 aliphatic heterocycles. The molecule has 120 valence electrons. The minimum atomic E-state index is -4.02. The van der Waals surface area contributed by atoms with Crippen LogP contribution in [0.4, 0.5) is 13.2 Å². The van der Waals surface area contributed by atoms with Crippen LogP contribution in [0.2, 0.25) is 0 Å². The lowest BCUT2D eigenvalue weighted by Crippen LogP contribution is -2.46. The van der Waals surface area contributed by atoms with Crippen molar-refractivity contribution in [2.24, 2.45) is 11.8 Å². The quantitative estimate of drug-likeness (QED) is 0.807. The summed E-state index contributed by atoms with van der Waals surface area (Å²) in [6.45, 7) is 9.92. The standard InChI is InChI=1S/C15H29F3N2/c1-11(9-20-14(2,3)4)19-10-12-6-5-7-13(8-12)15(16,17)18/h11-13,19-20H,5-10H2,1-4H3. The van der Waals surface area contributed by atoms with Crippen LogP contribution < -0.4 is 10.6 Å². The highest BCUT2D eigenvalue weighted by Crippen LogP contribution is 2.39. The average molecular weight is 294 g/mol. The Kier molecular flexibility index (Phi) is 6.32. The smallest absolute Gasteiger partial charge is 0.313 e. The van der Waals surface area contributed by atoms with Crippen molar-refractivity contribution in [3.63, 3.8) is 0 Å². The van der Waals surface area contributed by atoms with Crippen LogP contribution in [0.3, 0.4) is 0 Å². The van der Waals surface area contributed by atoms with Gasteiger partial charge in [-0.15, -0.1) is 0 Å². The van der Waals surface area contributed by atoms with E-state index in [1.165, 1.54) is 0 Å². The molecule has 1 aliphatic carbocycles. The van der Waals surface area contributed by atoms with Crippen LogP contribution in [-0.4, -0.2) is 30.8 Å². The first-order chi connectivity index (χ1) is 9.08. The molecule has 1 rings (SSSR count). The fourth-order valence-corrected chi connectivity index (χ4v) is 2.67. The second kappa shape index (κ2) is 7.12. The van der Waals surface area contributed by atoms with Crippen molar-refractivity contribution < 1.29 is 13.2 Å². The highest BCUT2D eigenvalue weighted by Gasteiger charge is 2.41. The van der Waals surface area contributed by atoms with Crippen LogP contribution in [0.15, 0.2) is 0 Å². The van der Waals surface area contributed by atoms with E-state index in [1.807, 2.05) is 0 Å². The van der Waals surface area contributed by atoms with Gasteiger partial charge in [-0.2, -0.15) is 13.2 Å². The van der Waals surface area contributed by atoms with E-state index in [1.54, 1.807) is 0 Å². The van der Waals surface area contributed by atoms with Crippen molar-refractivity contribution in [3.8, 4) is 0 Å². The minimum Gasteiger partial charge on any atom is -0.313 e. The Balaban J connectivity index is 2.27. The maximum atomic E-state index is 12.7. The predicted molar refractivity (Wildman–Crippen MR) is 76.7 cm³/mol. The number of nitrogens with one attached hydrogen (secondary N) is 2. The van der Waals surface area contributed by atoms with E-state index in [0.717, 1.165) is 13.0 Å². The zero-order valence-corrected chi connectivity index (χ0v) is 13.1. The SMILES string of the molecule is CC(CNC(C)(C)C)NCC1CCCC(C(F)(F)F)C1. The molecule has 0 bridgehead atoms. The predicted octanol–water partition coefficient (Wildman–Crippen LogP) is 3.72. The Morgan fingerprint density at radius 1 is 1.15 bits per heavy atom. The number of rotatable bonds is 5. The van der Waals surface area contributed by atoms with Crippen molar-refractivity contribution in [2.75, 3.05) is 13.1 Å². The van der Waals surface area contributed by atoms with E-state index >= 15 is 0 Å². The molecule has 5 heteroatoms. The molecule has 1 fully saturated rings. The van der Waals surface area contributed by atoms with Crippen LogP contribution in [-0.2, 0) is 0 Å². The Morgan fingerprint density at radius 2 is 1.80 bits per heavy atom. The lowest BCUT2D eigenvalue weighted by atomic mass is 9.81. The van der Waals surface area contributed by atoms with Crippen LogP contribution in [0, 0.1) is 11.8 Å². The van der Waals surface area contributed by atoms with Crippen LogP contribution >= 0.6 is 0 Å². The molecule has 3 unspecified atom stereocenters. The van der Waals surface area contributed by atoms with Gasteiger partial charge in [-0.05, 0) is 59.4 Å². The number of hydrogen-bond donors (Lipinski definition) is 2. The highest BCUT2D eigenvalue weighted by molar-refractivity contribution is 4.80. The molecule has 0 radical (unpaired) electrons. The Morgan fingerprint density at radius 3 is 2.35 bits per heavy atom. The van der Waals surface area contributed by atoms with Crippen LogP contribution in [0.25, 0.3) is 0 Å². The molecule has 0 aromatic carbocycles. The van der Waals surface area contributed by atoms with Crippen molar-refractivity contribution >= 4 is 0 Å². The lowest BCUT2D eigenvalue weighted by Gasteiger charge is -2.32. The van der Waals surface area contributed by atoms with E-state index < -0.39 is 12.1 Å². The van der Waals surface area contributed by atoms with Gasteiger partial charge in [0.05, 0.1) is 5.92 Å². The van der Waals surface area contributed by atoms with Crippen molar-refractivity contribution in [2.45, 2.75) is 71.1 Å². The summed E-state index contributed by atoms with van der Waals surface area (Å²) in [5.74, 6) is -0.932. The molecular weight excluding hydrogens is 265 g/mol. The second-order valence-electron chi connectivity index (χ2n) is 7.21. The molecule has 1 aliphatic rings. The maximum absolute atomic E-state index is 12.7. The summed E-state index contributed by atoms with van der Waals surface area (Å²) in [5, 5.41) is 6.77. The summed E-state index contributed by atoms with van der Waals surface area (Å²) in [6, 6.07) is 0.278. The van der Waals surface area contributed by atoms with Crippen molar-refractivity contribution in [3.05, 3.63) is 0 Å². The van der Waals surface area contributed by atoms with E-state index in [0.29, 0.717) is 19.4 Å². The van der Waals surface area contributed by atoms with E-state index in [9.17, 15) is 13.2 Å². The molecule has 0 heterocycles. The first-order valence-corrected chi connectivity index (χ1v) is 7.63. The fourth-order valence-electron chi connectivity index (χ4n) is 2.67. The van der Waals surface area contributed by atoms with E-state index in [2.05, 4.69) is 38.3 Å². The van der Waals surface area contributed by atoms with Crippen LogP contribution in [0.5, 0.6) is 0 Å². The zero-order chi connectivity index (χ0) is 15.4. The fraction of sp³-hybridized carbons (Fsp3) is 1.00.